The Morgan fingerprint density at radius 3 is 3.19 bits per heavy atom. The largest absolute Gasteiger partial charge is 0.315 e. The SMILES string of the molecule is CN(Cc1ccnc(Br)c1)[C@@H]1CCCNC1. The molecule has 0 bridgehead atoms. The number of rotatable bonds is 3. The van der Waals surface area contributed by atoms with Crippen molar-refractivity contribution in [1.29, 1.82) is 0 Å². The molecule has 1 aromatic rings. The molecule has 1 saturated heterocycles. The van der Waals surface area contributed by atoms with Gasteiger partial charge in [-0.2, -0.15) is 0 Å². The van der Waals surface area contributed by atoms with Gasteiger partial charge in [0, 0.05) is 25.3 Å². The summed E-state index contributed by atoms with van der Waals surface area (Å²) < 4.78 is 0.917. The van der Waals surface area contributed by atoms with Crippen LogP contribution in [0.25, 0.3) is 0 Å². The van der Waals surface area contributed by atoms with Crippen LogP contribution in [0.3, 0.4) is 0 Å². The third-order valence-corrected chi connectivity index (χ3v) is 3.55. The van der Waals surface area contributed by atoms with Gasteiger partial charge in [0.05, 0.1) is 0 Å². The van der Waals surface area contributed by atoms with Gasteiger partial charge in [0.1, 0.15) is 4.60 Å². The molecule has 0 unspecified atom stereocenters. The summed E-state index contributed by atoms with van der Waals surface area (Å²) in [5, 5.41) is 3.45. The fourth-order valence-electron chi connectivity index (χ4n) is 2.17. The highest BCUT2D eigenvalue weighted by Gasteiger charge is 2.17. The molecule has 16 heavy (non-hydrogen) atoms. The van der Waals surface area contributed by atoms with Crippen molar-refractivity contribution in [3.05, 3.63) is 28.5 Å². The lowest BCUT2D eigenvalue weighted by molar-refractivity contribution is 0.196. The van der Waals surface area contributed by atoms with Crippen molar-refractivity contribution in [2.75, 3.05) is 20.1 Å². The molecule has 1 atom stereocenters. The van der Waals surface area contributed by atoms with Gasteiger partial charge in [0.2, 0.25) is 0 Å². The van der Waals surface area contributed by atoms with Crippen LogP contribution in [0.15, 0.2) is 22.9 Å². The summed E-state index contributed by atoms with van der Waals surface area (Å²) in [5.41, 5.74) is 1.31. The second-order valence-electron chi connectivity index (χ2n) is 4.40. The van der Waals surface area contributed by atoms with E-state index in [-0.39, 0.29) is 0 Å². The highest BCUT2D eigenvalue weighted by molar-refractivity contribution is 9.10. The summed E-state index contributed by atoms with van der Waals surface area (Å²) >= 11 is 3.41. The molecule has 1 aliphatic heterocycles. The zero-order valence-electron chi connectivity index (χ0n) is 9.62. The number of halogens is 1. The van der Waals surface area contributed by atoms with Gasteiger partial charge >= 0.3 is 0 Å². The van der Waals surface area contributed by atoms with Crippen molar-refractivity contribution in [1.82, 2.24) is 15.2 Å². The summed E-state index contributed by atoms with van der Waals surface area (Å²) in [6.07, 6.45) is 4.44. The Morgan fingerprint density at radius 2 is 2.50 bits per heavy atom. The predicted molar refractivity (Wildman–Crippen MR) is 69.3 cm³/mol. The lowest BCUT2D eigenvalue weighted by Crippen LogP contribution is -2.43. The van der Waals surface area contributed by atoms with Crippen molar-refractivity contribution in [3.8, 4) is 0 Å². The molecule has 1 aromatic heterocycles. The van der Waals surface area contributed by atoms with Gasteiger partial charge in [0.15, 0.2) is 0 Å². The van der Waals surface area contributed by atoms with Gasteiger partial charge in [0.25, 0.3) is 0 Å². The highest BCUT2D eigenvalue weighted by atomic mass is 79.9. The average molecular weight is 284 g/mol. The Kier molecular flexibility index (Phi) is 4.32. The predicted octanol–water partition coefficient (Wildman–Crippen LogP) is 2.03. The molecule has 1 aliphatic rings. The molecule has 0 aliphatic carbocycles. The summed E-state index contributed by atoms with van der Waals surface area (Å²) in [4.78, 5) is 6.57. The average Bonchev–Trinajstić information content (AvgIpc) is 2.30. The van der Waals surface area contributed by atoms with E-state index in [0.29, 0.717) is 6.04 Å². The fraction of sp³-hybridized carbons (Fsp3) is 0.583. The van der Waals surface area contributed by atoms with E-state index in [4.69, 9.17) is 0 Å². The minimum Gasteiger partial charge on any atom is -0.315 e. The Bertz CT molecular complexity index is 337. The maximum absolute atomic E-state index is 4.15. The number of hydrogen-bond acceptors (Lipinski definition) is 3. The minimum absolute atomic E-state index is 0.667. The fourth-order valence-corrected chi connectivity index (χ4v) is 2.58. The lowest BCUT2D eigenvalue weighted by atomic mass is 10.1. The molecule has 1 fully saturated rings. The Hall–Kier alpha value is -0.450. The molecule has 0 radical (unpaired) electrons. The number of hydrogen-bond donors (Lipinski definition) is 1. The van der Waals surface area contributed by atoms with E-state index >= 15 is 0 Å². The maximum Gasteiger partial charge on any atom is 0.106 e. The topological polar surface area (TPSA) is 28.2 Å². The van der Waals surface area contributed by atoms with Gasteiger partial charge in [-0.1, -0.05) is 0 Å². The van der Waals surface area contributed by atoms with Crippen LogP contribution in [0.1, 0.15) is 18.4 Å². The van der Waals surface area contributed by atoms with Crippen LogP contribution in [-0.2, 0) is 6.54 Å². The first-order valence-corrected chi connectivity index (χ1v) is 6.56. The van der Waals surface area contributed by atoms with Gasteiger partial charge in [-0.15, -0.1) is 0 Å². The number of nitrogens with one attached hydrogen (secondary N) is 1. The van der Waals surface area contributed by atoms with Crippen molar-refractivity contribution < 1.29 is 0 Å². The number of piperidine rings is 1. The van der Waals surface area contributed by atoms with E-state index in [1.807, 2.05) is 6.20 Å². The van der Waals surface area contributed by atoms with E-state index in [9.17, 15) is 0 Å². The molecule has 0 spiro atoms. The van der Waals surface area contributed by atoms with Crippen LogP contribution in [-0.4, -0.2) is 36.1 Å². The maximum atomic E-state index is 4.15. The molecule has 0 aromatic carbocycles. The van der Waals surface area contributed by atoms with Crippen molar-refractivity contribution in [2.24, 2.45) is 0 Å². The third-order valence-electron chi connectivity index (χ3n) is 3.12. The van der Waals surface area contributed by atoms with Crippen molar-refractivity contribution >= 4 is 15.9 Å². The lowest BCUT2D eigenvalue weighted by Gasteiger charge is -2.31. The van der Waals surface area contributed by atoms with Crippen LogP contribution in [0.2, 0.25) is 0 Å². The van der Waals surface area contributed by atoms with E-state index in [0.717, 1.165) is 17.7 Å². The van der Waals surface area contributed by atoms with E-state index in [1.54, 1.807) is 0 Å². The van der Waals surface area contributed by atoms with Gasteiger partial charge in [-0.25, -0.2) is 4.98 Å². The number of nitrogens with zero attached hydrogens (tertiary/aromatic N) is 2. The van der Waals surface area contributed by atoms with Crippen LogP contribution in [0.4, 0.5) is 0 Å². The quantitative estimate of drug-likeness (QED) is 0.861. The number of pyridine rings is 1. The summed E-state index contributed by atoms with van der Waals surface area (Å²) in [5.74, 6) is 0. The molecule has 4 heteroatoms. The molecule has 2 heterocycles. The van der Waals surface area contributed by atoms with E-state index < -0.39 is 0 Å². The second-order valence-corrected chi connectivity index (χ2v) is 5.21. The summed E-state index contributed by atoms with van der Waals surface area (Å²) in [6.45, 7) is 3.28. The zero-order valence-corrected chi connectivity index (χ0v) is 11.2. The molecule has 0 saturated carbocycles. The normalized spacial score (nSPS) is 21.3. The molecule has 2 rings (SSSR count). The van der Waals surface area contributed by atoms with Gasteiger partial charge in [-0.05, 0) is 60.1 Å². The monoisotopic (exact) mass is 283 g/mol. The molecule has 88 valence electrons. The zero-order chi connectivity index (χ0) is 11.4. The molecule has 0 amide bonds. The third kappa shape index (κ3) is 3.27. The van der Waals surface area contributed by atoms with Crippen LogP contribution in [0, 0.1) is 0 Å². The Labute approximate surface area is 105 Å². The van der Waals surface area contributed by atoms with Gasteiger partial charge < -0.3 is 5.32 Å². The number of likely N-dealkylation sites (N-methyl/N-ethyl adjacent to an activating group) is 1. The van der Waals surface area contributed by atoms with E-state index in [2.05, 4.69) is 50.3 Å². The van der Waals surface area contributed by atoms with Crippen molar-refractivity contribution in [3.63, 3.8) is 0 Å². The first kappa shape index (κ1) is 12.0. The van der Waals surface area contributed by atoms with Crippen LogP contribution < -0.4 is 5.32 Å². The van der Waals surface area contributed by atoms with Crippen molar-refractivity contribution in [2.45, 2.75) is 25.4 Å². The van der Waals surface area contributed by atoms with E-state index in [1.165, 1.54) is 24.9 Å². The highest BCUT2D eigenvalue weighted by Crippen LogP contribution is 2.14. The van der Waals surface area contributed by atoms with Crippen LogP contribution >= 0.6 is 15.9 Å². The molecule has 1 N–H and O–H groups in total. The summed E-state index contributed by atoms with van der Waals surface area (Å²) in [6, 6.07) is 4.84. The first-order valence-electron chi connectivity index (χ1n) is 5.77. The van der Waals surface area contributed by atoms with Gasteiger partial charge in [-0.3, -0.25) is 4.90 Å². The molecular weight excluding hydrogens is 266 g/mol. The minimum atomic E-state index is 0.667. The Morgan fingerprint density at radius 1 is 1.62 bits per heavy atom. The number of aromatic nitrogens is 1. The van der Waals surface area contributed by atoms with Crippen LogP contribution in [0.5, 0.6) is 0 Å². The standard InChI is InChI=1S/C12H18BrN3/c1-16(11-3-2-5-14-8-11)9-10-4-6-15-12(13)7-10/h4,6-7,11,14H,2-3,5,8-9H2,1H3/t11-/m1/s1. The second kappa shape index (κ2) is 5.75. The molecular formula is C12H18BrN3. The summed E-state index contributed by atoms with van der Waals surface area (Å²) in [7, 11) is 2.20. The molecule has 3 nitrogen and oxygen atoms in total. The smallest absolute Gasteiger partial charge is 0.106 e. The first-order chi connectivity index (χ1) is 7.75. The Balaban J connectivity index is 1.93.